The number of aryl methyl sites for hydroxylation is 1. The number of alkyl halides is 3. The maximum atomic E-state index is 13.3. The Morgan fingerprint density at radius 3 is 2.25 bits per heavy atom. The summed E-state index contributed by atoms with van der Waals surface area (Å²) in [6.07, 6.45) is -2.91. The molecule has 2 amide bonds. The summed E-state index contributed by atoms with van der Waals surface area (Å²) in [5.74, 6) is 0. The summed E-state index contributed by atoms with van der Waals surface area (Å²) in [6.45, 7) is 1.88. The average Bonchev–Trinajstić information content (AvgIpc) is 2.66. The number of aromatic nitrogens is 1. The van der Waals surface area contributed by atoms with Crippen molar-refractivity contribution in [3.8, 4) is 11.1 Å². The molecule has 144 valence electrons. The van der Waals surface area contributed by atoms with Crippen molar-refractivity contribution in [3.63, 3.8) is 0 Å². The van der Waals surface area contributed by atoms with E-state index < -0.39 is 18.2 Å². The van der Waals surface area contributed by atoms with Gasteiger partial charge in [-0.05, 0) is 47.9 Å². The molecule has 0 fully saturated rings. The van der Waals surface area contributed by atoms with Gasteiger partial charge in [-0.1, -0.05) is 42.5 Å². The fraction of sp³-hybridized carbons (Fsp3) is 0.143. The van der Waals surface area contributed by atoms with Gasteiger partial charge in [0.15, 0.2) is 6.04 Å². The number of nitrogens with one attached hydrogen (secondary N) is 2. The molecule has 0 radical (unpaired) electrons. The third kappa shape index (κ3) is 4.88. The number of benzene rings is 2. The van der Waals surface area contributed by atoms with Crippen molar-refractivity contribution in [1.82, 2.24) is 10.3 Å². The molecule has 7 heteroatoms. The van der Waals surface area contributed by atoms with Gasteiger partial charge in [0.1, 0.15) is 0 Å². The van der Waals surface area contributed by atoms with E-state index in [0.717, 1.165) is 16.8 Å². The number of hydrogen-bond acceptors (Lipinski definition) is 2. The molecule has 0 bridgehead atoms. The molecule has 0 saturated carbocycles. The summed E-state index contributed by atoms with van der Waals surface area (Å²) in [6, 6.07) is 14.8. The number of urea groups is 1. The van der Waals surface area contributed by atoms with Crippen LogP contribution >= 0.6 is 0 Å². The van der Waals surface area contributed by atoms with Crippen LogP contribution in [0.25, 0.3) is 11.1 Å². The Balaban J connectivity index is 1.70. The molecule has 0 aliphatic heterocycles. The lowest BCUT2D eigenvalue weighted by atomic mass is 10.1. The monoisotopic (exact) mass is 385 g/mol. The summed E-state index contributed by atoms with van der Waals surface area (Å²) in [4.78, 5) is 16.2. The molecule has 0 aliphatic rings. The van der Waals surface area contributed by atoms with Crippen molar-refractivity contribution in [2.75, 3.05) is 5.32 Å². The van der Waals surface area contributed by atoms with E-state index in [-0.39, 0.29) is 5.56 Å². The van der Waals surface area contributed by atoms with Crippen LogP contribution in [0.4, 0.5) is 23.7 Å². The third-order valence-electron chi connectivity index (χ3n) is 4.11. The second-order valence-electron chi connectivity index (χ2n) is 6.25. The lowest BCUT2D eigenvalue weighted by Gasteiger charge is -2.22. The van der Waals surface area contributed by atoms with Crippen LogP contribution in [0.15, 0.2) is 72.9 Å². The summed E-state index contributed by atoms with van der Waals surface area (Å²) < 4.78 is 40.0. The first-order valence-corrected chi connectivity index (χ1v) is 8.55. The molecule has 2 N–H and O–H groups in total. The van der Waals surface area contributed by atoms with Crippen molar-refractivity contribution in [3.05, 3.63) is 84.2 Å². The second-order valence-corrected chi connectivity index (χ2v) is 6.25. The van der Waals surface area contributed by atoms with Gasteiger partial charge in [-0.3, -0.25) is 4.98 Å². The number of rotatable bonds is 4. The molecule has 2 aromatic carbocycles. The fourth-order valence-electron chi connectivity index (χ4n) is 2.77. The highest BCUT2D eigenvalue weighted by Gasteiger charge is 2.41. The Labute approximate surface area is 160 Å². The van der Waals surface area contributed by atoms with Crippen LogP contribution < -0.4 is 10.6 Å². The van der Waals surface area contributed by atoms with Crippen LogP contribution in [0.2, 0.25) is 0 Å². The molecule has 1 unspecified atom stereocenters. The second kappa shape index (κ2) is 8.12. The van der Waals surface area contributed by atoms with E-state index in [9.17, 15) is 18.0 Å². The lowest BCUT2D eigenvalue weighted by molar-refractivity contribution is -0.154. The van der Waals surface area contributed by atoms with Gasteiger partial charge in [0.25, 0.3) is 0 Å². The summed E-state index contributed by atoms with van der Waals surface area (Å²) >= 11 is 0. The van der Waals surface area contributed by atoms with Crippen molar-refractivity contribution in [2.24, 2.45) is 0 Å². The smallest absolute Gasteiger partial charge is 0.322 e. The molecule has 3 aromatic rings. The first-order chi connectivity index (χ1) is 13.3. The third-order valence-corrected chi connectivity index (χ3v) is 4.11. The highest BCUT2D eigenvalue weighted by atomic mass is 19.4. The molecule has 0 aliphatic carbocycles. The van der Waals surface area contributed by atoms with Gasteiger partial charge < -0.3 is 10.6 Å². The van der Waals surface area contributed by atoms with Crippen molar-refractivity contribution in [2.45, 2.75) is 19.1 Å². The van der Waals surface area contributed by atoms with Gasteiger partial charge in [0, 0.05) is 17.6 Å². The molecule has 1 aromatic heterocycles. The lowest BCUT2D eigenvalue weighted by Crippen LogP contribution is -2.40. The zero-order valence-corrected chi connectivity index (χ0v) is 15.0. The summed E-state index contributed by atoms with van der Waals surface area (Å²) in [5.41, 5.74) is 3.10. The number of anilines is 1. The van der Waals surface area contributed by atoms with Crippen LogP contribution in [0.1, 0.15) is 17.3 Å². The standard InChI is InChI=1S/C21H18F3N3O/c1-14-13-17(11-12-25-14)15-7-9-18(10-8-15)26-20(28)27-19(21(22,23)24)16-5-3-2-4-6-16/h2-13,19H,1H3,(H2,26,27,28). The van der Waals surface area contributed by atoms with Crippen LogP contribution in [0.5, 0.6) is 0 Å². The Morgan fingerprint density at radius 2 is 1.64 bits per heavy atom. The number of nitrogens with zero attached hydrogens (tertiary/aromatic N) is 1. The van der Waals surface area contributed by atoms with Crippen molar-refractivity contribution in [1.29, 1.82) is 0 Å². The van der Waals surface area contributed by atoms with Crippen molar-refractivity contribution < 1.29 is 18.0 Å². The van der Waals surface area contributed by atoms with Crippen molar-refractivity contribution >= 4 is 11.7 Å². The summed E-state index contributed by atoms with van der Waals surface area (Å²) in [7, 11) is 0. The molecular weight excluding hydrogens is 367 g/mol. The Hall–Kier alpha value is -3.35. The molecule has 0 spiro atoms. The number of hydrogen-bond donors (Lipinski definition) is 2. The van der Waals surface area contributed by atoms with Gasteiger partial charge in [-0.15, -0.1) is 0 Å². The quantitative estimate of drug-likeness (QED) is 0.625. The first-order valence-electron chi connectivity index (χ1n) is 8.55. The molecule has 3 rings (SSSR count). The van der Waals surface area contributed by atoms with Gasteiger partial charge in [0.05, 0.1) is 0 Å². The number of pyridine rings is 1. The normalized spacial score (nSPS) is 12.3. The van der Waals surface area contributed by atoms with E-state index in [1.165, 1.54) is 24.3 Å². The number of carbonyl (C=O) groups is 1. The molecule has 28 heavy (non-hydrogen) atoms. The topological polar surface area (TPSA) is 54.0 Å². The zero-order chi connectivity index (χ0) is 20.1. The number of carbonyl (C=O) groups excluding carboxylic acids is 1. The largest absolute Gasteiger partial charge is 0.412 e. The van der Waals surface area contributed by atoms with E-state index in [0.29, 0.717) is 5.69 Å². The van der Waals surface area contributed by atoms with Crippen LogP contribution in [0, 0.1) is 6.92 Å². The molecule has 0 saturated heterocycles. The number of halogens is 3. The predicted molar refractivity (Wildman–Crippen MR) is 102 cm³/mol. The zero-order valence-electron chi connectivity index (χ0n) is 15.0. The predicted octanol–water partition coefficient (Wildman–Crippen LogP) is 5.48. The fourth-order valence-corrected chi connectivity index (χ4v) is 2.77. The van der Waals surface area contributed by atoms with E-state index in [1.54, 1.807) is 36.5 Å². The Kier molecular flexibility index (Phi) is 5.63. The average molecular weight is 385 g/mol. The minimum Gasteiger partial charge on any atom is -0.322 e. The highest BCUT2D eigenvalue weighted by molar-refractivity contribution is 5.90. The van der Waals surface area contributed by atoms with E-state index in [2.05, 4.69) is 10.3 Å². The maximum absolute atomic E-state index is 13.3. The van der Waals surface area contributed by atoms with Crippen LogP contribution in [0.3, 0.4) is 0 Å². The Bertz CT molecular complexity index is 941. The molecular formula is C21H18F3N3O. The SMILES string of the molecule is Cc1cc(-c2ccc(NC(=O)NC(c3ccccc3)C(F)(F)F)cc2)ccn1. The molecule has 1 heterocycles. The van der Waals surface area contributed by atoms with Gasteiger partial charge >= 0.3 is 12.2 Å². The number of amides is 2. The van der Waals surface area contributed by atoms with E-state index in [1.807, 2.05) is 24.4 Å². The van der Waals surface area contributed by atoms with Gasteiger partial charge in [-0.25, -0.2) is 4.79 Å². The van der Waals surface area contributed by atoms with E-state index >= 15 is 0 Å². The van der Waals surface area contributed by atoms with Crippen LogP contribution in [-0.2, 0) is 0 Å². The van der Waals surface area contributed by atoms with Crippen LogP contribution in [-0.4, -0.2) is 17.2 Å². The highest BCUT2D eigenvalue weighted by Crippen LogP contribution is 2.32. The van der Waals surface area contributed by atoms with E-state index in [4.69, 9.17) is 0 Å². The summed E-state index contributed by atoms with van der Waals surface area (Å²) in [5, 5.41) is 4.43. The Morgan fingerprint density at radius 1 is 0.964 bits per heavy atom. The minimum absolute atomic E-state index is 0.0337. The molecule has 4 nitrogen and oxygen atoms in total. The molecule has 1 atom stereocenters. The maximum Gasteiger partial charge on any atom is 0.412 e. The first kappa shape index (κ1) is 19.4. The minimum atomic E-state index is -4.61. The van der Waals surface area contributed by atoms with Gasteiger partial charge in [-0.2, -0.15) is 13.2 Å². The van der Waals surface area contributed by atoms with Gasteiger partial charge in [0.2, 0.25) is 0 Å².